The third kappa shape index (κ3) is 4.47. The molecule has 1 amide bonds. The molecule has 4 rings (SSSR count). The van der Waals surface area contributed by atoms with Crippen LogP contribution in [-0.2, 0) is 6.18 Å². The molecular weight excluding hydrogens is 420 g/mol. The summed E-state index contributed by atoms with van der Waals surface area (Å²) in [6, 6.07) is 3.90. The average Bonchev–Trinajstić information content (AvgIpc) is 3.27. The van der Waals surface area contributed by atoms with E-state index >= 15 is 0 Å². The molecule has 0 saturated carbocycles. The summed E-state index contributed by atoms with van der Waals surface area (Å²) in [5.74, 6) is -1.08. The summed E-state index contributed by atoms with van der Waals surface area (Å²) >= 11 is 0. The van der Waals surface area contributed by atoms with Crippen molar-refractivity contribution in [2.75, 3.05) is 13.1 Å². The van der Waals surface area contributed by atoms with Crippen LogP contribution >= 0.6 is 0 Å². The standard InChI is InChI=1S/C19H16F4N6O2/c20-15-5-1-4-14(16(15)29-26-6-7-27-29)17(30)28-8-2-3-13(11-28)31-18-24-9-12(10-25-18)19(21,22)23/h1,4-7,9-10,13H,2-3,8,11H2. The highest BCUT2D eigenvalue weighted by Crippen LogP contribution is 2.28. The van der Waals surface area contributed by atoms with Crippen LogP contribution in [0.1, 0.15) is 28.8 Å². The van der Waals surface area contributed by atoms with Gasteiger partial charge in [-0.25, -0.2) is 14.4 Å². The lowest BCUT2D eigenvalue weighted by Crippen LogP contribution is -2.44. The van der Waals surface area contributed by atoms with Crippen molar-refractivity contribution in [2.45, 2.75) is 25.1 Å². The normalized spacial score (nSPS) is 16.9. The highest BCUT2D eigenvalue weighted by atomic mass is 19.4. The van der Waals surface area contributed by atoms with Gasteiger partial charge in [-0.1, -0.05) is 6.07 Å². The zero-order valence-electron chi connectivity index (χ0n) is 16.0. The minimum absolute atomic E-state index is 0.0633. The Labute approximate surface area is 173 Å². The minimum atomic E-state index is -4.54. The molecule has 3 heterocycles. The van der Waals surface area contributed by atoms with Crippen molar-refractivity contribution in [3.8, 4) is 11.7 Å². The number of ether oxygens (including phenoxy) is 1. The summed E-state index contributed by atoms with van der Waals surface area (Å²) in [6.45, 7) is 0.556. The molecule has 1 saturated heterocycles. The Morgan fingerprint density at radius 2 is 1.84 bits per heavy atom. The maximum absolute atomic E-state index is 14.4. The Balaban J connectivity index is 1.49. The number of aromatic nitrogens is 5. The summed E-state index contributed by atoms with van der Waals surface area (Å²) in [6.07, 6.45) is 0.110. The van der Waals surface area contributed by atoms with Crippen molar-refractivity contribution in [3.63, 3.8) is 0 Å². The third-order valence-electron chi connectivity index (χ3n) is 4.73. The van der Waals surface area contributed by atoms with Crippen LogP contribution in [0.3, 0.4) is 0 Å². The first kappa shape index (κ1) is 20.7. The Kier molecular flexibility index (Phi) is 5.53. The van der Waals surface area contributed by atoms with Gasteiger partial charge in [-0.15, -0.1) is 4.80 Å². The predicted molar refractivity (Wildman–Crippen MR) is 97.9 cm³/mol. The molecule has 1 aliphatic rings. The Morgan fingerprint density at radius 3 is 2.52 bits per heavy atom. The Morgan fingerprint density at radius 1 is 1.13 bits per heavy atom. The van der Waals surface area contributed by atoms with E-state index in [1.165, 1.54) is 35.5 Å². The maximum atomic E-state index is 14.4. The highest BCUT2D eigenvalue weighted by molar-refractivity contribution is 5.97. The van der Waals surface area contributed by atoms with Crippen molar-refractivity contribution in [3.05, 3.63) is 59.9 Å². The second kappa shape index (κ2) is 8.28. The smallest absolute Gasteiger partial charge is 0.419 e. The lowest BCUT2D eigenvalue weighted by atomic mass is 10.1. The van der Waals surface area contributed by atoms with Crippen molar-refractivity contribution in [1.82, 2.24) is 29.9 Å². The molecule has 0 spiro atoms. The van der Waals surface area contributed by atoms with E-state index in [9.17, 15) is 22.4 Å². The molecule has 2 aromatic heterocycles. The molecule has 0 aliphatic carbocycles. The molecule has 12 heteroatoms. The van der Waals surface area contributed by atoms with Crippen LogP contribution in [0.4, 0.5) is 17.6 Å². The van der Waals surface area contributed by atoms with Gasteiger partial charge in [0, 0.05) is 18.9 Å². The zero-order valence-corrected chi connectivity index (χ0v) is 16.0. The number of benzene rings is 1. The summed E-state index contributed by atoms with van der Waals surface area (Å²) in [4.78, 5) is 22.8. The fourth-order valence-electron chi connectivity index (χ4n) is 3.28. The molecule has 1 aliphatic heterocycles. The molecule has 1 atom stereocenters. The van der Waals surface area contributed by atoms with E-state index in [2.05, 4.69) is 20.2 Å². The molecule has 8 nitrogen and oxygen atoms in total. The van der Waals surface area contributed by atoms with E-state index in [1.54, 1.807) is 0 Å². The molecule has 1 fully saturated rings. The Hall–Kier alpha value is -3.57. The van der Waals surface area contributed by atoms with E-state index in [0.29, 0.717) is 31.8 Å². The summed E-state index contributed by atoms with van der Waals surface area (Å²) < 4.78 is 57.9. The number of carbonyl (C=O) groups is 1. The molecule has 3 aromatic rings. The molecule has 31 heavy (non-hydrogen) atoms. The molecule has 162 valence electrons. The van der Waals surface area contributed by atoms with E-state index in [-0.39, 0.29) is 23.8 Å². The summed E-state index contributed by atoms with van der Waals surface area (Å²) in [5, 5.41) is 7.81. The number of alkyl halides is 3. The highest BCUT2D eigenvalue weighted by Gasteiger charge is 2.32. The van der Waals surface area contributed by atoms with E-state index in [1.807, 2.05) is 0 Å². The van der Waals surface area contributed by atoms with Crippen LogP contribution in [-0.4, -0.2) is 55.0 Å². The monoisotopic (exact) mass is 436 g/mol. The lowest BCUT2D eigenvalue weighted by Gasteiger charge is -2.32. The van der Waals surface area contributed by atoms with Crippen molar-refractivity contribution in [1.29, 1.82) is 0 Å². The van der Waals surface area contributed by atoms with Crippen molar-refractivity contribution < 1.29 is 27.1 Å². The van der Waals surface area contributed by atoms with Gasteiger partial charge >= 0.3 is 12.2 Å². The number of rotatable bonds is 4. The third-order valence-corrected chi connectivity index (χ3v) is 4.73. The van der Waals surface area contributed by atoms with Gasteiger partial charge < -0.3 is 9.64 Å². The van der Waals surface area contributed by atoms with Crippen molar-refractivity contribution >= 4 is 5.91 Å². The molecular formula is C19H16F4N6O2. The largest absolute Gasteiger partial charge is 0.458 e. The predicted octanol–water partition coefficient (Wildman–Crippen LogP) is 2.90. The van der Waals surface area contributed by atoms with Gasteiger partial charge in [0.05, 0.1) is 30.1 Å². The van der Waals surface area contributed by atoms with Gasteiger partial charge in [-0.2, -0.15) is 23.4 Å². The first-order valence-corrected chi connectivity index (χ1v) is 9.33. The Bertz CT molecular complexity index is 1060. The van der Waals surface area contributed by atoms with Gasteiger partial charge in [-0.3, -0.25) is 4.79 Å². The number of hydrogen-bond acceptors (Lipinski definition) is 6. The average molecular weight is 436 g/mol. The summed E-state index contributed by atoms with van der Waals surface area (Å²) in [5.41, 5.74) is -0.958. The first-order valence-electron chi connectivity index (χ1n) is 9.33. The van der Waals surface area contributed by atoms with Crippen LogP contribution in [0.25, 0.3) is 5.69 Å². The maximum Gasteiger partial charge on any atom is 0.419 e. The van der Waals surface area contributed by atoms with Gasteiger partial charge in [0.25, 0.3) is 5.91 Å². The lowest BCUT2D eigenvalue weighted by molar-refractivity contribution is -0.138. The van der Waals surface area contributed by atoms with Gasteiger partial charge in [0.2, 0.25) is 0 Å². The number of para-hydroxylation sites is 1. The number of nitrogens with zero attached hydrogens (tertiary/aromatic N) is 6. The number of carbonyl (C=O) groups excluding carboxylic acids is 1. The van der Waals surface area contributed by atoms with Crippen LogP contribution in [0.15, 0.2) is 43.0 Å². The van der Waals surface area contributed by atoms with E-state index in [0.717, 1.165) is 4.80 Å². The van der Waals surface area contributed by atoms with Crippen LogP contribution < -0.4 is 4.74 Å². The summed E-state index contributed by atoms with van der Waals surface area (Å²) in [7, 11) is 0. The zero-order chi connectivity index (χ0) is 22.0. The van der Waals surface area contributed by atoms with Gasteiger partial charge in [-0.05, 0) is 25.0 Å². The minimum Gasteiger partial charge on any atom is -0.458 e. The van der Waals surface area contributed by atoms with Crippen LogP contribution in [0.5, 0.6) is 6.01 Å². The number of piperidine rings is 1. The topological polar surface area (TPSA) is 86.0 Å². The van der Waals surface area contributed by atoms with Crippen LogP contribution in [0, 0.1) is 5.82 Å². The molecule has 0 bridgehead atoms. The number of hydrogen-bond donors (Lipinski definition) is 0. The SMILES string of the molecule is O=C(c1cccc(F)c1-n1nccn1)N1CCCC(Oc2ncc(C(F)(F)F)cn2)C1. The number of halogens is 4. The second-order valence-corrected chi connectivity index (χ2v) is 6.84. The van der Waals surface area contributed by atoms with Gasteiger partial charge in [0.1, 0.15) is 11.8 Å². The molecule has 0 radical (unpaired) electrons. The van der Waals surface area contributed by atoms with E-state index < -0.39 is 29.6 Å². The van der Waals surface area contributed by atoms with Crippen LogP contribution in [0.2, 0.25) is 0 Å². The van der Waals surface area contributed by atoms with E-state index in [4.69, 9.17) is 4.74 Å². The van der Waals surface area contributed by atoms with Gasteiger partial charge in [0.15, 0.2) is 5.82 Å². The van der Waals surface area contributed by atoms with Crippen molar-refractivity contribution in [2.24, 2.45) is 0 Å². The second-order valence-electron chi connectivity index (χ2n) is 6.84. The number of amides is 1. The fraction of sp³-hybridized carbons (Fsp3) is 0.316. The first-order chi connectivity index (χ1) is 14.8. The molecule has 1 aromatic carbocycles. The molecule has 1 unspecified atom stereocenters. The number of likely N-dealkylation sites (tertiary alicyclic amines) is 1. The molecule has 0 N–H and O–H groups in total. The quantitative estimate of drug-likeness (QED) is 0.585. The fourth-order valence-corrected chi connectivity index (χ4v) is 3.28.